The van der Waals surface area contributed by atoms with Crippen LogP contribution in [0.1, 0.15) is 38.8 Å². The number of nitrogens with zero attached hydrogens (tertiary/aromatic N) is 3. The lowest BCUT2D eigenvalue weighted by atomic mass is 9.64. The van der Waals surface area contributed by atoms with Gasteiger partial charge in [0.05, 0.1) is 16.9 Å². The molecule has 1 amide bonds. The first kappa shape index (κ1) is 25.5. The third-order valence-corrected chi connectivity index (χ3v) is 8.74. The number of nitrogens with one attached hydrogen (secondary N) is 1. The molecule has 1 fully saturated rings. The van der Waals surface area contributed by atoms with Gasteiger partial charge in [0.15, 0.2) is 11.6 Å². The quantitative estimate of drug-likeness (QED) is 0.203. The van der Waals surface area contributed by atoms with Gasteiger partial charge in [-0.1, -0.05) is 42.5 Å². The van der Waals surface area contributed by atoms with Gasteiger partial charge < -0.3 is 10.2 Å². The van der Waals surface area contributed by atoms with Crippen LogP contribution in [0.5, 0.6) is 0 Å². The van der Waals surface area contributed by atoms with E-state index >= 15 is 0 Å². The molecule has 1 aromatic heterocycles. The fraction of sp³-hybridized carbons (Fsp3) is 0.152. The second-order valence-electron chi connectivity index (χ2n) is 10.8. The van der Waals surface area contributed by atoms with E-state index in [2.05, 4.69) is 10.3 Å². The monoisotopic (exact) mass is 556 g/mol. The minimum absolute atomic E-state index is 0.152. The van der Waals surface area contributed by atoms with Crippen molar-refractivity contribution in [2.24, 2.45) is 5.92 Å². The molecule has 1 saturated heterocycles. The zero-order valence-corrected chi connectivity index (χ0v) is 22.4. The number of hydrogen-bond acceptors (Lipinski definition) is 7. The van der Waals surface area contributed by atoms with E-state index in [1.807, 2.05) is 60.4 Å². The van der Waals surface area contributed by atoms with Gasteiger partial charge in [0.25, 0.3) is 5.69 Å². The SMILES string of the molecule is CC1=C[C@@H]2N(c3ccccc31)[C@H](C(=O)c1ccc([N+](=O)[O-])cc1)[C@H](C(=O)c1cccnc1)[C@]21C(=O)Nc2ccccc21. The van der Waals surface area contributed by atoms with Crippen molar-refractivity contribution in [3.8, 4) is 0 Å². The number of carbonyl (C=O) groups excluding carboxylic acids is 3. The maximum absolute atomic E-state index is 14.7. The number of fused-ring (bicyclic) bond motifs is 6. The van der Waals surface area contributed by atoms with Crippen LogP contribution in [-0.2, 0) is 10.2 Å². The Hall–Kier alpha value is -5.44. The Labute approximate surface area is 240 Å². The van der Waals surface area contributed by atoms with Crippen LogP contribution < -0.4 is 10.2 Å². The van der Waals surface area contributed by atoms with Gasteiger partial charge in [0, 0.05) is 52.6 Å². The van der Waals surface area contributed by atoms with Gasteiger partial charge in [-0.25, -0.2) is 0 Å². The Morgan fingerprint density at radius 1 is 0.929 bits per heavy atom. The Kier molecular flexibility index (Phi) is 5.65. The number of anilines is 2. The summed E-state index contributed by atoms with van der Waals surface area (Å²) in [6.45, 7) is 1.96. The van der Waals surface area contributed by atoms with Gasteiger partial charge in [-0.3, -0.25) is 29.5 Å². The molecule has 3 aliphatic heterocycles. The molecular weight excluding hydrogens is 532 g/mol. The summed E-state index contributed by atoms with van der Waals surface area (Å²) in [6.07, 6.45) is 5.00. The molecule has 3 aromatic carbocycles. The zero-order valence-electron chi connectivity index (χ0n) is 22.4. The van der Waals surface area contributed by atoms with Crippen molar-refractivity contribution in [1.29, 1.82) is 0 Å². The Bertz CT molecular complexity index is 1830. The van der Waals surface area contributed by atoms with Gasteiger partial charge >= 0.3 is 0 Å². The van der Waals surface area contributed by atoms with Gasteiger partial charge in [-0.15, -0.1) is 0 Å². The minimum atomic E-state index is -1.45. The lowest BCUT2D eigenvalue weighted by Gasteiger charge is -2.39. The van der Waals surface area contributed by atoms with Gasteiger partial charge in [0.1, 0.15) is 11.5 Å². The molecule has 206 valence electrons. The molecule has 3 aliphatic rings. The van der Waals surface area contributed by atoms with Crippen molar-refractivity contribution in [2.75, 3.05) is 10.2 Å². The van der Waals surface area contributed by atoms with Crippen molar-refractivity contribution in [3.05, 3.63) is 136 Å². The molecular formula is C33H24N4O5. The number of ketones is 2. The van der Waals surface area contributed by atoms with Crippen LogP contribution in [0.4, 0.5) is 17.1 Å². The highest BCUT2D eigenvalue weighted by Crippen LogP contribution is 2.58. The molecule has 1 spiro atoms. The van der Waals surface area contributed by atoms with Crippen LogP contribution in [0.15, 0.2) is 103 Å². The lowest BCUT2D eigenvalue weighted by Crippen LogP contribution is -2.51. The standard InChI is InChI=1S/C33H24N4O5/c1-19-17-27-33(24-9-3-4-10-25(24)35-32(33)40)28(30(38)21-7-6-16-34-18-21)29(36(27)26-11-5-2-8-23(19)26)31(39)20-12-14-22(15-13-20)37(41)42/h2-18,27-29H,1H3,(H,35,40)/t27-,28+,29-,33+/m0/s1. The van der Waals surface area contributed by atoms with E-state index in [1.165, 1.54) is 30.5 Å². The summed E-state index contributed by atoms with van der Waals surface area (Å²) < 4.78 is 0. The van der Waals surface area contributed by atoms with Crippen LogP contribution >= 0.6 is 0 Å². The van der Waals surface area contributed by atoms with E-state index in [4.69, 9.17) is 0 Å². The fourth-order valence-corrected chi connectivity index (χ4v) is 6.99. The number of benzene rings is 3. The summed E-state index contributed by atoms with van der Waals surface area (Å²) in [6, 6.07) is 21.8. The molecule has 9 heteroatoms. The topological polar surface area (TPSA) is 123 Å². The number of non-ortho nitro benzene ring substituents is 1. The number of para-hydroxylation sites is 2. The van der Waals surface area contributed by atoms with Crippen molar-refractivity contribution in [2.45, 2.75) is 24.4 Å². The molecule has 0 saturated carbocycles. The second kappa shape index (κ2) is 9.31. The first-order valence-corrected chi connectivity index (χ1v) is 13.5. The number of pyridine rings is 1. The highest BCUT2D eigenvalue weighted by molar-refractivity contribution is 6.18. The maximum Gasteiger partial charge on any atom is 0.269 e. The number of allylic oxidation sites excluding steroid dienone is 1. The van der Waals surface area contributed by atoms with Crippen molar-refractivity contribution < 1.29 is 19.3 Å². The normalized spacial score (nSPS) is 23.5. The predicted octanol–water partition coefficient (Wildman–Crippen LogP) is 5.24. The molecule has 4 aromatic rings. The third kappa shape index (κ3) is 3.43. The van der Waals surface area contributed by atoms with Crippen molar-refractivity contribution >= 4 is 40.1 Å². The summed E-state index contributed by atoms with van der Waals surface area (Å²) in [5.41, 5.74) is 2.71. The maximum atomic E-state index is 14.7. The number of carbonyl (C=O) groups is 3. The first-order chi connectivity index (χ1) is 20.3. The molecule has 0 radical (unpaired) electrons. The molecule has 4 atom stereocenters. The lowest BCUT2D eigenvalue weighted by molar-refractivity contribution is -0.384. The number of amides is 1. The fourth-order valence-electron chi connectivity index (χ4n) is 6.99. The average Bonchev–Trinajstić information content (AvgIpc) is 3.49. The first-order valence-electron chi connectivity index (χ1n) is 13.5. The zero-order chi connectivity index (χ0) is 29.2. The highest BCUT2D eigenvalue weighted by atomic mass is 16.6. The summed E-state index contributed by atoms with van der Waals surface area (Å²) in [5, 5.41) is 14.3. The smallest absolute Gasteiger partial charge is 0.269 e. The van der Waals surface area contributed by atoms with Crippen LogP contribution in [0.3, 0.4) is 0 Å². The Balaban J connectivity index is 1.53. The molecule has 0 aliphatic carbocycles. The van der Waals surface area contributed by atoms with Crippen molar-refractivity contribution in [3.63, 3.8) is 0 Å². The Morgan fingerprint density at radius 2 is 1.67 bits per heavy atom. The number of hydrogen-bond donors (Lipinski definition) is 1. The third-order valence-electron chi connectivity index (χ3n) is 8.74. The van der Waals surface area contributed by atoms with Crippen LogP contribution in [0.2, 0.25) is 0 Å². The molecule has 4 heterocycles. The summed E-state index contributed by atoms with van der Waals surface area (Å²) in [7, 11) is 0. The molecule has 7 rings (SSSR count). The van der Waals surface area contributed by atoms with E-state index in [-0.39, 0.29) is 28.5 Å². The van der Waals surface area contributed by atoms with Crippen LogP contribution in [-0.4, -0.2) is 39.5 Å². The average molecular weight is 557 g/mol. The predicted molar refractivity (Wildman–Crippen MR) is 156 cm³/mol. The van der Waals surface area contributed by atoms with E-state index in [1.54, 1.807) is 24.4 Å². The minimum Gasteiger partial charge on any atom is -0.352 e. The summed E-state index contributed by atoms with van der Waals surface area (Å²) >= 11 is 0. The largest absolute Gasteiger partial charge is 0.352 e. The van der Waals surface area contributed by atoms with Crippen molar-refractivity contribution in [1.82, 2.24) is 4.98 Å². The summed E-state index contributed by atoms with van der Waals surface area (Å²) in [4.78, 5) is 60.6. The molecule has 0 bridgehead atoms. The van der Waals surface area contributed by atoms with E-state index in [0.717, 1.165) is 16.8 Å². The van der Waals surface area contributed by atoms with Gasteiger partial charge in [0.2, 0.25) is 5.91 Å². The van der Waals surface area contributed by atoms with Gasteiger partial charge in [-0.2, -0.15) is 0 Å². The Morgan fingerprint density at radius 3 is 2.40 bits per heavy atom. The molecule has 0 unspecified atom stereocenters. The van der Waals surface area contributed by atoms with Crippen LogP contribution in [0.25, 0.3) is 5.57 Å². The molecule has 9 nitrogen and oxygen atoms in total. The second-order valence-corrected chi connectivity index (χ2v) is 10.8. The number of Topliss-reactive ketones (excluding diaryl/α,β-unsaturated/α-hetero) is 2. The molecule has 1 N–H and O–H groups in total. The highest BCUT2D eigenvalue weighted by Gasteiger charge is 2.70. The van der Waals surface area contributed by atoms with E-state index < -0.39 is 34.1 Å². The summed E-state index contributed by atoms with van der Waals surface area (Å²) in [5.74, 6) is -2.29. The number of rotatable bonds is 5. The molecule has 42 heavy (non-hydrogen) atoms. The number of nitro benzene ring substituents is 1. The van der Waals surface area contributed by atoms with Gasteiger partial charge in [-0.05, 0) is 54.5 Å². The number of aromatic nitrogens is 1. The van der Waals surface area contributed by atoms with E-state index in [0.29, 0.717) is 11.3 Å². The number of nitro groups is 1. The van der Waals surface area contributed by atoms with E-state index in [9.17, 15) is 24.5 Å². The van der Waals surface area contributed by atoms with Crippen LogP contribution in [0, 0.1) is 16.0 Å².